The van der Waals surface area contributed by atoms with Crippen LogP contribution in [0.3, 0.4) is 0 Å². The Labute approximate surface area is 80.9 Å². The van der Waals surface area contributed by atoms with Crippen LogP contribution in [0.2, 0.25) is 5.02 Å². The molecule has 1 atom stereocenters. The molecule has 13 heavy (non-hydrogen) atoms. The molecule has 0 spiro atoms. The Bertz CT molecular complexity index is 289. The van der Waals surface area contributed by atoms with Crippen LogP contribution in [0.15, 0.2) is 18.2 Å². The number of benzene rings is 1. The van der Waals surface area contributed by atoms with Crippen LogP contribution in [0.5, 0.6) is 5.75 Å². The van der Waals surface area contributed by atoms with Crippen LogP contribution in [0, 0.1) is 5.82 Å². The maximum absolute atomic E-state index is 12.8. The minimum atomic E-state index is -0.571. The fourth-order valence-corrected chi connectivity index (χ4v) is 0.901. The van der Waals surface area contributed by atoms with Crippen LogP contribution in [-0.2, 0) is 0 Å². The fraction of sp³-hybridized carbons (Fsp3) is 0.333. The zero-order valence-electron chi connectivity index (χ0n) is 7.13. The molecular formula is C9H10ClFO2. The Hall–Kier alpha value is -0.800. The molecule has 4 heteroatoms. The van der Waals surface area contributed by atoms with Gasteiger partial charge >= 0.3 is 0 Å². The van der Waals surface area contributed by atoms with Crippen LogP contribution in [0.4, 0.5) is 4.39 Å². The summed E-state index contributed by atoms with van der Waals surface area (Å²) in [6, 6.07) is 4.15. The second-order valence-electron chi connectivity index (χ2n) is 2.74. The van der Waals surface area contributed by atoms with E-state index in [0.717, 1.165) is 0 Å². The van der Waals surface area contributed by atoms with Crippen LogP contribution in [0.1, 0.15) is 6.92 Å². The highest BCUT2D eigenvalue weighted by Gasteiger charge is 2.02. The van der Waals surface area contributed by atoms with E-state index < -0.39 is 11.9 Å². The van der Waals surface area contributed by atoms with Gasteiger partial charge in [-0.15, -0.1) is 0 Å². The van der Waals surface area contributed by atoms with Gasteiger partial charge < -0.3 is 9.84 Å². The van der Waals surface area contributed by atoms with E-state index in [-0.39, 0.29) is 11.6 Å². The molecule has 2 nitrogen and oxygen atoms in total. The molecule has 0 aliphatic carbocycles. The zero-order valence-corrected chi connectivity index (χ0v) is 7.88. The summed E-state index contributed by atoms with van der Waals surface area (Å²) in [6.45, 7) is 1.73. The molecule has 0 aliphatic heterocycles. The molecule has 0 saturated carbocycles. The third-order valence-corrected chi connectivity index (χ3v) is 1.69. The first kappa shape index (κ1) is 10.3. The van der Waals surface area contributed by atoms with Crippen molar-refractivity contribution in [1.82, 2.24) is 0 Å². The Balaban J connectivity index is 2.63. The monoisotopic (exact) mass is 204 g/mol. The van der Waals surface area contributed by atoms with Crippen molar-refractivity contribution in [2.75, 3.05) is 6.61 Å². The summed E-state index contributed by atoms with van der Waals surface area (Å²) >= 11 is 5.46. The highest BCUT2D eigenvalue weighted by molar-refractivity contribution is 6.30. The Morgan fingerprint density at radius 2 is 2.31 bits per heavy atom. The van der Waals surface area contributed by atoms with Gasteiger partial charge in [0.2, 0.25) is 0 Å². The topological polar surface area (TPSA) is 29.5 Å². The molecule has 0 fully saturated rings. The van der Waals surface area contributed by atoms with E-state index in [9.17, 15) is 4.39 Å². The second kappa shape index (κ2) is 4.44. The molecule has 1 aromatic carbocycles. The molecule has 1 unspecified atom stereocenters. The number of ether oxygens (including phenoxy) is 1. The Morgan fingerprint density at radius 3 is 2.85 bits per heavy atom. The van der Waals surface area contributed by atoms with Gasteiger partial charge in [-0.25, -0.2) is 4.39 Å². The predicted octanol–water partition coefficient (Wildman–Crippen LogP) is 2.24. The van der Waals surface area contributed by atoms with Crippen LogP contribution < -0.4 is 4.74 Å². The minimum Gasteiger partial charge on any atom is -0.491 e. The van der Waals surface area contributed by atoms with Crippen molar-refractivity contribution in [3.8, 4) is 5.75 Å². The van der Waals surface area contributed by atoms with Crippen molar-refractivity contribution < 1.29 is 14.2 Å². The summed E-state index contributed by atoms with van der Waals surface area (Å²) in [4.78, 5) is 0. The molecule has 0 bridgehead atoms. The molecule has 1 rings (SSSR count). The Kier molecular flexibility index (Phi) is 3.51. The molecule has 0 radical (unpaired) electrons. The van der Waals surface area contributed by atoms with Crippen molar-refractivity contribution in [3.63, 3.8) is 0 Å². The second-order valence-corrected chi connectivity index (χ2v) is 3.14. The quantitative estimate of drug-likeness (QED) is 0.818. The van der Waals surface area contributed by atoms with Gasteiger partial charge in [0.15, 0.2) is 0 Å². The van der Waals surface area contributed by atoms with E-state index in [1.54, 1.807) is 13.0 Å². The number of aliphatic hydroxyl groups is 1. The van der Waals surface area contributed by atoms with Gasteiger partial charge in [-0.05, 0) is 19.1 Å². The fourth-order valence-electron chi connectivity index (χ4n) is 0.783. The third kappa shape index (κ3) is 3.20. The lowest BCUT2D eigenvalue weighted by Gasteiger charge is -2.07. The molecule has 0 heterocycles. The Morgan fingerprint density at radius 1 is 1.62 bits per heavy atom. The summed E-state index contributed by atoms with van der Waals surface area (Å²) in [5.74, 6) is -0.160. The van der Waals surface area contributed by atoms with E-state index in [1.165, 1.54) is 12.1 Å². The smallest absolute Gasteiger partial charge is 0.145 e. The van der Waals surface area contributed by atoms with E-state index >= 15 is 0 Å². The summed E-state index contributed by atoms with van der Waals surface area (Å²) in [5, 5.41) is 8.95. The first-order valence-electron chi connectivity index (χ1n) is 3.85. The number of hydrogen-bond donors (Lipinski definition) is 1. The maximum Gasteiger partial charge on any atom is 0.145 e. The molecule has 1 N–H and O–H groups in total. The lowest BCUT2D eigenvalue weighted by atomic mass is 10.3. The average Bonchev–Trinajstić information content (AvgIpc) is 2.07. The van der Waals surface area contributed by atoms with Gasteiger partial charge in [-0.3, -0.25) is 0 Å². The number of rotatable bonds is 3. The van der Waals surface area contributed by atoms with Gasteiger partial charge in [0, 0.05) is 6.07 Å². The van der Waals surface area contributed by atoms with E-state index in [1.807, 2.05) is 0 Å². The highest BCUT2D eigenvalue weighted by atomic mass is 35.5. The van der Waals surface area contributed by atoms with Crippen molar-refractivity contribution in [2.45, 2.75) is 13.0 Å². The van der Waals surface area contributed by atoms with Crippen molar-refractivity contribution >= 4 is 11.6 Å². The van der Waals surface area contributed by atoms with Crippen LogP contribution >= 0.6 is 11.6 Å². The van der Waals surface area contributed by atoms with E-state index in [0.29, 0.717) is 5.75 Å². The summed E-state index contributed by atoms with van der Waals surface area (Å²) in [7, 11) is 0. The molecule has 0 aliphatic rings. The van der Waals surface area contributed by atoms with Gasteiger partial charge in [-0.2, -0.15) is 0 Å². The molecular weight excluding hydrogens is 195 g/mol. The molecule has 0 saturated heterocycles. The van der Waals surface area contributed by atoms with Crippen molar-refractivity contribution in [1.29, 1.82) is 0 Å². The number of hydrogen-bond acceptors (Lipinski definition) is 2. The van der Waals surface area contributed by atoms with Gasteiger partial charge in [-0.1, -0.05) is 11.6 Å². The van der Waals surface area contributed by atoms with Gasteiger partial charge in [0.25, 0.3) is 0 Å². The first-order chi connectivity index (χ1) is 6.09. The predicted molar refractivity (Wildman–Crippen MR) is 48.6 cm³/mol. The largest absolute Gasteiger partial charge is 0.491 e. The normalized spacial score (nSPS) is 12.6. The van der Waals surface area contributed by atoms with Crippen LogP contribution in [-0.4, -0.2) is 17.8 Å². The van der Waals surface area contributed by atoms with Crippen molar-refractivity contribution in [3.05, 3.63) is 29.0 Å². The number of aliphatic hydroxyl groups excluding tert-OH is 1. The molecule has 72 valence electrons. The highest BCUT2D eigenvalue weighted by Crippen LogP contribution is 2.20. The van der Waals surface area contributed by atoms with E-state index in [4.69, 9.17) is 21.4 Å². The molecule has 1 aromatic rings. The average molecular weight is 205 g/mol. The standard InChI is InChI=1S/C9H10ClFO2/c1-6(12)5-13-7-2-3-8(10)9(11)4-7/h2-4,6,12H,5H2,1H3. The molecule has 0 amide bonds. The van der Waals surface area contributed by atoms with Gasteiger partial charge in [0.05, 0.1) is 11.1 Å². The lowest BCUT2D eigenvalue weighted by Crippen LogP contribution is -2.12. The summed E-state index contributed by atoms with van der Waals surface area (Å²) < 4.78 is 17.9. The van der Waals surface area contributed by atoms with Gasteiger partial charge in [0.1, 0.15) is 18.2 Å². The molecule has 0 aromatic heterocycles. The lowest BCUT2D eigenvalue weighted by molar-refractivity contribution is 0.122. The summed E-state index contributed by atoms with van der Waals surface area (Å²) in [5.41, 5.74) is 0. The number of halogens is 2. The van der Waals surface area contributed by atoms with Crippen LogP contribution in [0.25, 0.3) is 0 Å². The zero-order chi connectivity index (χ0) is 9.84. The maximum atomic E-state index is 12.8. The minimum absolute atomic E-state index is 0.0596. The third-order valence-electron chi connectivity index (χ3n) is 1.38. The summed E-state index contributed by atoms with van der Waals surface area (Å²) in [6.07, 6.45) is -0.571. The van der Waals surface area contributed by atoms with E-state index in [2.05, 4.69) is 0 Å². The van der Waals surface area contributed by atoms with Crippen molar-refractivity contribution in [2.24, 2.45) is 0 Å². The first-order valence-corrected chi connectivity index (χ1v) is 4.23. The SMILES string of the molecule is CC(O)COc1ccc(Cl)c(F)c1.